The van der Waals surface area contributed by atoms with Crippen molar-refractivity contribution in [1.82, 2.24) is 25.8 Å². The first kappa shape index (κ1) is 18.9. The number of hydroxylamine groups is 1. The molecule has 2 unspecified atom stereocenters. The summed E-state index contributed by atoms with van der Waals surface area (Å²) in [5, 5.41) is 15.0. The van der Waals surface area contributed by atoms with Gasteiger partial charge in [0.2, 0.25) is 11.7 Å². The maximum atomic E-state index is 12.6. The summed E-state index contributed by atoms with van der Waals surface area (Å²) in [5.74, 6) is -2.15. The minimum absolute atomic E-state index is 0.0770. The monoisotopic (exact) mass is 396 g/mol. The van der Waals surface area contributed by atoms with Crippen molar-refractivity contribution in [2.45, 2.75) is 17.5 Å². The SMILES string of the molecule is C=CC1=C(C(=O)O)N2C(=O)C(NC(=O)C(NOC)c3noc(N)n3)[C@H]2SC1. The van der Waals surface area contributed by atoms with Crippen molar-refractivity contribution >= 4 is 35.6 Å². The van der Waals surface area contributed by atoms with Crippen LogP contribution in [0.25, 0.3) is 0 Å². The van der Waals surface area contributed by atoms with Gasteiger partial charge in [0, 0.05) is 5.75 Å². The molecule has 0 aromatic carbocycles. The molecular formula is C14H16N6O6S. The van der Waals surface area contributed by atoms with Crippen LogP contribution in [0.2, 0.25) is 0 Å². The van der Waals surface area contributed by atoms with E-state index < -0.39 is 35.2 Å². The largest absolute Gasteiger partial charge is 0.477 e. The van der Waals surface area contributed by atoms with Crippen molar-refractivity contribution in [2.24, 2.45) is 0 Å². The summed E-state index contributed by atoms with van der Waals surface area (Å²) >= 11 is 1.32. The number of hydrogen-bond donors (Lipinski definition) is 4. The molecule has 0 bridgehead atoms. The van der Waals surface area contributed by atoms with Crippen molar-refractivity contribution in [3.8, 4) is 0 Å². The number of nitrogens with two attached hydrogens (primary N) is 1. The molecule has 3 heterocycles. The molecule has 1 aromatic rings. The number of anilines is 1. The van der Waals surface area contributed by atoms with Crippen LogP contribution in [-0.4, -0.2) is 62.2 Å². The van der Waals surface area contributed by atoms with Gasteiger partial charge in [-0.1, -0.05) is 17.8 Å². The Labute approximate surface area is 156 Å². The molecule has 1 saturated heterocycles. The second-order valence-corrected chi connectivity index (χ2v) is 6.63. The topological polar surface area (TPSA) is 173 Å². The van der Waals surface area contributed by atoms with Crippen molar-refractivity contribution < 1.29 is 28.9 Å². The van der Waals surface area contributed by atoms with Crippen LogP contribution in [0.4, 0.5) is 6.01 Å². The number of carboxylic acid groups (broad SMARTS) is 1. The molecule has 2 amide bonds. The predicted octanol–water partition coefficient (Wildman–Crippen LogP) is -1.23. The highest BCUT2D eigenvalue weighted by atomic mass is 32.2. The summed E-state index contributed by atoms with van der Waals surface area (Å²) in [4.78, 5) is 46.2. The number of nitrogens with zero attached hydrogens (tertiary/aromatic N) is 3. The lowest BCUT2D eigenvalue weighted by atomic mass is 10.0. The summed E-state index contributed by atoms with van der Waals surface area (Å²) in [6, 6.07) is -2.32. The zero-order valence-electron chi connectivity index (χ0n) is 14.0. The number of fused-ring (bicyclic) bond motifs is 1. The average Bonchev–Trinajstić information content (AvgIpc) is 3.08. The average molecular weight is 396 g/mol. The Morgan fingerprint density at radius 2 is 2.33 bits per heavy atom. The molecule has 1 aromatic heterocycles. The third-order valence-electron chi connectivity index (χ3n) is 3.96. The Morgan fingerprint density at radius 3 is 2.89 bits per heavy atom. The van der Waals surface area contributed by atoms with Gasteiger partial charge in [0.25, 0.3) is 5.91 Å². The Bertz CT molecular complexity index is 838. The summed E-state index contributed by atoms with van der Waals surface area (Å²) < 4.78 is 4.64. The number of thioether (sulfide) groups is 1. The second-order valence-electron chi connectivity index (χ2n) is 5.52. The molecule has 12 nitrogen and oxygen atoms in total. The zero-order chi connectivity index (χ0) is 19.7. The lowest BCUT2D eigenvalue weighted by molar-refractivity contribution is -0.151. The van der Waals surface area contributed by atoms with Crippen LogP contribution in [0.1, 0.15) is 11.9 Å². The highest BCUT2D eigenvalue weighted by Crippen LogP contribution is 2.40. The lowest BCUT2D eigenvalue weighted by Crippen LogP contribution is -2.71. The number of carboxylic acids is 1. The van der Waals surface area contributed by atoms with Crippen molar-refractivity contribution in [3.63, 3.8) is 0 Å². The molecule has 3 atom stereocenters. The molecule has 0 saturated carbocycles. The first-order chi connectivity index (χ1) is 12.9. The fourth-order valence-electron chi connectivity index (χ4n) is 2.74. The number of nitrogen functional groups attached to an aromatic ring is 1. The van der Waals surface area contributed by atoms with Crippen LogP contribution in [-0.2, 0) is 19.2 Å². The number of rotatable bonds is 7. The van der Waals surface area contributed by atoms with E-state index >= 15 is 0 Å². The van der Waals surface area contributed by atoms with Crippen LogP contribution in [0, 0.1) is 0 Å². The van der Waals surface area contributed by atoms with Crippen LogP contribution in [0.15, 0.2) is 28.4 Å². The van der Waals surface area contributed by atoms with Crippen molar-refractivity contribution in [1.29, 1.82) is 0 Å². The number of β-lactam (4-membered cyclic amide) rings is 1. The molecular weight excluding hydrogens is 380 g/mol. The standard InChI is InChI=1S/C14H16N6O6S/c1-3-5-4-27-12-7(11(22)20(12)8(5)13(23)24)16-10(21)6(18-25-2)9-17-14(15)26-19-9/h3,6-7,12,18H,1,4H2,2H3,(H,16,21)(H,23,24)(H2,15,17,19)/t6?,7?,12-/m1/s1. The number of aromatic nitrogens is 2. The first-order valence-electron chi connectivity index (χ1n) is 7.60. The maximum absolute atomic E-state index is 12.6. The normalized spacial score (nSPS) is 22.7. The van der Waals surface area contributed by atoms with Crippen LogP contribution >= 0.6 is 11.8 Å². The molecule has 13 heteroatoms. The summed E-state index contributed by atoms with van der Waals surface area (Å²) in [6.45, 7) is 3.57. The van der Waals surface area contributed by atoms with Gasteiger partial charge >= 0.3 is 12.0 Å². The smallest absolute Gasteiger partial charge is 0.352 e. The number of allylic oxidation sites excluding steroid dienone is 1. The van der Waals surface area contributed by atoms with Gasteiger partial charge in [0.05, 0.1) is 7.11 Å². The third-order valence-corrected chi connectivity index (χ3v) is 5.26. The van der Waals surface area contributed by atoms with E-state index in [9.17, 15) is 19.5 Å². The Kier molecular flexibility index (Phi) is 5.16. The van der Waals surface area contributed by atoms with Gasteiger partial charge < -0.3 is 25.5 Å². The molecule has 2 aliphatic rings. The van der Waals surface area contributed by atoms with Gasteiger partial charge in [-0.05, 0) is 5.57 Å². The van der Waals surface area contributed by atoms with E-state index in [1.165, 1.54) is 24.9 Å². The lowest BCUT2D eigenvalue weighted by Gasteiger charge is -2.49. The Morgan fingerprint density at radius 1 is 1.59 bits per heavy atom. The molecule has 1 fully saturated rings. The van der Waals surface area contributed by atoms with Gasteiger partial charge in [-0.15, -0.1) is 11.8 Å². The second kappa shape index (κ2) is 7.38. The van der Waals surface area contributed by atoms with E-state index in [0.717, 1.165) is 4.90 Å². The van der Waals surface area contributed by atoms with Crippen LogP contribution < -0.4 is 16.5 Å². The fraction of sp³-hybridized carbons (Fsp3) is 0.357. The first-order valence-corrected chi connectivity index (χ1v) is 8.65. The van der Waals surface area contributed by atoms with Gasteiger partial charge in [0.15, 0.2) is 6.04 Å². The molecule has 144 valence electrons. The summed E-state index contributed by atoms with van der Waals surface area (Å²) in [5.41, 5.74) is 8.08. The van der Waals surface area contributed by atoms with E-state index in [-0.39, 0.29) is 17.5 Å². The zero-order valence-corrected chi connectivity index (χ0v) is 14.9. The maximum Gasteiger partial charge on any atom is 0.352 e. The van der Waals surface area contributed by atoms with E-state index in [0.29, 0.717) is 11.3 Å². The van der Waals surface area contributed by atoms with Crippen molar-refractivity contribution in [3.05, 3.63) is 29.7 Å². The highest BCUT2D eigenvalue weighted by Gasteiger charge is 2.54. The van der Waals surface area contributed by atoms with Gasteiger partial charge in [-0.2, -0.15) is 10.5 Å². The van der Waals surface area contributed by atoms with E-state index in [2.05, 4.69) is 32.0 Å². The van der Waals surface area contributed by atoms with E-state index in [1.807, 2.05) is 0 Å². The van der Waals surface area contributed by atoms with Gasteiger partial charge in [0.1, 0.15) is 17.1 Å². The highest BCUT2D eigenvalue weighted by molar-refractivity contribution is 8.00. The quantitative estimate of drug-likeness (QED) is 0.321. The van der Waals surface area contributed by atoms with Crippen molar-refractivity contribution in [2.75, 3.05) is 18.6 Å². The number of hydrogen-bond acceptors (Lipinski definition) is 10. The van der Waals surface area contributed by atoms with Gasteiger partial charge in [-0.3, -0.25) is 14.5 Å². The molecule has 2 aliphatic heterocycles. The van der Waals surface area contributed by atoms with Crippen LogP contribution in [0.3, 0.4) is 0 Å². The third kappa shape index (κ3) is 3.27. The summed E-state index contributed by atoms with van der Waals surface area (Å²) in [7, 11) is 1.29. The molecule has 0 radical (unpaired) electrons. The van der Waals surface area contributed by atoms with Gasteiger partial charge in [-0.25, -0.2) is 4.79 Å². The Balaban J connectivity index is 1.76. The number of carbonyl (C=O) groups excluding carboxylic acids is 2. The predicted molar refractivity (Wildman–Crippen MR) is 91.5 cm³/mol. The number of carbonyl (C=O) groups is 3. The molecule has 27 heavy (non-hydrogen) atoms. The van der Waals surface area contributed by atoms with Crippen LogP contribution in [0.5, 0.6) is 0 Å². The molecule has 0 spiro atoms. The summed E-state index contributed by atoms with van der Waals surface area (Å²) in [6.07, 6.45) is 1.41. The number of aliphatic carboxylic acids is 1. The minimum Gasteiger partial charge on any atom is -0.477 e. The number of nitrogens with one attached hydrogen (secondary N) is 2. The van der Waals surface area contributed by atoms with E-state index in [1.54, 1.807) is 0 Å². The number of amides is 2. The minimum atomic E-state index is -1.23. The fourth-order valence-corrected chi connectivity index (χ4v) is 4.08. The molecule has 0 aliphatic carbocycles. The molecule has 5 N–H and O–H groups in total. The molecule has 3 rings (SSSR count). The Hall–Kier alpha value is -2.90. The van der Waals surface area contributed by atoms with E-state index in [4.69, 9.17) is 10.6 Å².